The summed E-state index contributed by atoms with van der Waals surface area (Å²) in [5.41, 5.74) is -0.715. The molecule has 0 saturated carbocycles. The molecular formula is C14H24N2O2S. The smallest absolute Gasteiger partial charge is 0.248 e. The van der Waals surface area contributed by atoms with Crippen molar-refractivity contribution in [2.45, 2.75) is 51.6 Å². The van der Waals surface area contributed by atoms with Gasteiger partial charge in [0.05, 0.1) is 0 Å². The van der Waals surface area contributed by atoms with Gasteiger partial charge in [-0.05, 0) is 50.5 Å². The van der Waals surface area contributed by atoms with Crippen LogP contribution in [-0.4, -0.2) is 46.3 Å². The molecule has 1 N–H and O–H groups in total. The van der Waals surface area contributed by atoms with E-state index in [0.29, 0.717) is 12.3 Å². The third-order valence-electron chi connectivity index (χ3n) is 4.48. The summed E-state index contributed by atoms with van der Waals surface area (Å²) in [7, 11) is 0. The van der Waals surface area contributed by atoms with Crippen LogP contribution >= 0.6 is 11.8 Å². The van der Waals surface area contributed by atoms with E-state index in [4.69, 9.17) is 0 Å². The molecule has 2 unspecified atom stereocenters. The van der Waals surface area contributed by atoms with E-state index < -0.39 is 5.54 Å². The van der Waals surface area contributed by atoms with Crippen LogP contribution in [0.25, 0.3) is 0 Å². The highest BCUT2D eigenvalue weighted by Crippen LogP contribution is 2.27. The van der Waals surface area contributed by atoms with E-state index in [1.807, 2.05) is 37.4 Å². The first-order valence-electron chi connectivity index (χ1n) is 7.19. The van der Waals surface area contributed by atoms with E-state index >= 15 is 0 Å². The largest absolute Gasteiger partial charge is 0.340 e. The number of rotatable bonds is 3. The number of thioether (sulfide) groups is 1. The first-order chi connectivity index (χ1) is 8.98. The Labute approximate surface area is 119 Å². The van der Waals surface area contributed by atoms with Crippen LogP contribution in [0, 0.1) is 5.92 Å². The Balaban J connectivity index is 2.11. The Bertz CT molecular complexity index is 368. The first-order valence-corrected chi connectivity index (χ1v) is 8.34. The molecule has 2 atom stereocenters. The molecule has 2 aliphatic heterocycles. The lowest BCUT2D eigenvalue weighted by Gasteiger charge is -2.44. The van der Waals surface area contributed by atoms with Crippen LogP contribution in [0.15, 0.2) is 0 Å². The average molecular weight is 284 g/mol. The van der Waals surface area contributed by atoms with Crippen molar-refractivity contribution in [1.29, 1.82) is 0 Å². The zero-order valence-electron chi connectivity index (χ0n) is 12.1. The summed E-state index contributed by atoms with van der Waals surface area (Å²) < 4.78 is 0. The molecule has 2 heterocycles. The summed E-state index contributed by atoms with van der Waals surface area (Å²) in [6.45, 7) is 6.36. The number of hydrogen-bond acceptors (Lipinski definition) is 3. The summed E-state index contributed by atoms with van der Waals surface area (Å²) in [6.07, 6.45) is 2.96. The van der Waals surface area contributed by atoms with Crippen LogP contribution in [0.4, 0.5) is 0 Å². The first kappa shape index (κ1) is 14.7. The molecule has 2 aliphatic rings. The van der Waals surface area contributed by atoms with Gasteiger partial charge in [0.25, 0.3) is 0 Å². The summed E-state index contributed by atoms with van der Waals surface area (Å²) >= 11 is 1.98. The number of amides is 2. The molecule has 2 fully saturated rings. The summed E-state index contributed by atoms with van der Waals surface area (Å²) in [6, 6.07) is -0.332. The summed E-state index contributed by atoms with van der Waals surface area (Å²) in [5, 5.41) is 2.87. The van der Waals surface area contributed by atoms with Crippen molar-refractivity contribution in [1.82, 2.24) is 10.2 Å². The predicted molar refractivity (Wildman–Crippen MR) is 78.1 cm³/mol. The van der Waals surface area contributed by atoms with Crippen LogP contribution in [0.2, 0.25) is 0 Å². The number of hydrogen-bond donors (Lipinski definition) is 1. The van der Waals surface area contributed by atoms with Crippen molar-refractivity contribution in [2.75, 3.05) is 18.1 Å². The molecule has 19 heavy (non-hydrogen) atoms. The molecule has 0 aromatic heterocycles. The van der Waals surface area contributed by atoms with Crippen LogP contribution in [0.1, 0.15) is 40.0 Å². The van der Waals surface area contributed by atoms with Gasteiger partial charge in [-0.3, -0.25) is 9.59 Å². The lowest BCUT2D eigenvalue weighted by Crippen LogP contribution is -2.68. The van der Waals surface area contributed by atoms with E-state index in [9.17, 15) is 9.59 Å². The fourth-order valence-corrected chi connectivity index (χ4v) is 3.96. The maximum atomic E-state index is 12.6. The van der Waals surface area contributed by atoms with Crippen molar-refractivity contribution in [3.63, 3.8) is 0 Å². The van der Waals surface area contributed by atoms with E-state index in [1.165, 1.54) is 11.5 Å². The highest BCUT2D eigenvalue weighted by Gasteiger charge is 2.45. The van der Waals surface area contributed by atoms with Gasteiger partial charge in [0.1, 0.15) is 11.6 Å². The second kappa shape index (κ2) is 5.73. The Morgan fingerprint density at radius 2 is 2.00 bits per heavy atom. The Hall–Kier alpha value is -0.710. The zero-order valence-corrected chi connectivity index (χ0v) is 12.9. The Kier molecular flexibility index (Phi) is 4.43. The molecule has 0 aromatic carbocycles. The van der Waals surface area contributed by atoms with Crippen LogP contribution in [0.5, 0.6) is 0 Å². The van der Waals surface area contributed by atoms with Gasteiger partial charge < -0.3 is 10.2 Å². The molecule has 5 heteroatoms. The second-order valence-electron chi connectivity index (χ2n) is 5.86. The minimum atomic E-state index is -0.715. The predicted octanol–water partition coefficient (Wildman–Crippen LogP) is 1.65. The number of nitrogens with one attached hydrogen (secondary N) is 1. The van der Waals surface area contributed by atoms with Crippen molar-refractivity contribution in [2.24, 2.45) is 5.92 Å². The van der Waals surface area contributed by atoms with Gasteiger partial charge in [-0.15, -0.1) is 0 Å². The lowest BCUT2D eigenvalue weighted by molar-refractivity contribution is -0.154. The molecule has 4 nitrogen and oxygen atoms in total. The summed E-state index contributed by atoms with van der Waals surface area (Å²) in [4.78, 5) is 26.5. The van der Waals surface area contributed by atoms with E-state index in [-0.39, 0.29) is 17.9 Å². The third kappa shape index (κ3) is 2.91. The molecule has 2 rings (SSSR count). The lowest BCUT2D eigenvalue weighted by atomic mass is 9.90. The standard InChI is InChI=1S/C14H24N2O2S/c1-4-14(3)13(18)16(10(2)12(17)15-14)9-11-5-7-19-8-6-11/h10-11H,4-9H2,1-3H3,(H,15,17). The van der Waals surface area contributed by atoms with Gasteiger partial charge in [-0.2, -0.15) is 11.8 Å². The normalized spacial score (nSPS) is 33.4. The molecule has 0 spiro atoms. The maximum Gasteiger partial charge on any atom is 0.248 e. The highest BCUT2D eigenvalue weighted by molar-refractivity contribution is 7.99. The number of nitrogens with zero attached hydrogens (tertiary/aromatic N) is 1. The topological polar surface area (TPSA) is 49.4 Å². The minimum absolute atomic E-state index is 0.0193. The quantitative estimate of drug-likeness (QED) is 0.857. The van der Waals surface area contributed by atoms with Crippen molar-refractivity contribution >= 4 is 23.6 Å². The third-order valence-corrected chi connectivity index (χ3v) is 5.53. The molecule has 2 saturated heterocycles. The van der Waals surface area contributed by atoms with E-state index in [1.54, 1.807) is 0 Å². The SMILES string of the molecule is CCC1(C)NC(=O)C(C)N(CC2CCSCC2)C1=O. The maximum absolute atomic E-state index is 12.6. The number of carbonyl (C=O) groups is 2. The molecule has 2 amide bonds. The van der Waals surface area contributed by atoms with Gasteiger partial charge in [-0.25, -0.2) is 0 Å². The average Bonchev–Trinajstić information content (AvgIpc) is 2.42. The summed E-state index contributed by atoms with van der Waals surface area (Å²) in [5.74, 6) is 2.98. The molecular weight excluding hydrogens is 260 g/mol. The monoisotopic (exact) mass is 284 g/mol. The van der Waals surface area contributed by atoms with Gasteiger partial charge >= 0.3 is 0 Å². The zero-order chi connectivity index (χ0) is 14.0. The number of piperazine rings is 1. The van der Waals surface area contributed by atoms with Crippen molar-refractivity contribution in [3.05, 3.63) is 0 Å². The molecule has 0 bridgehead atoms. The van der Waals surface area contributed by atoms with Gasteiger partial charge in [0.2, 0.25) is 11.8 Å². The van der Waals surface area contributed by atoms with Crippen LogP contribution in [-0.2, 0) is 9.59 Å². The fraction of sp³-hybridized carbons (Fsp3) is 0.857. The molecule has 0 aliphatic carbocycles. The van der Waals surface area contributed by atoms with Gasteiger partial charge in [0, 0.05) is 6.54 Å². The second-order valence-corrected chi connectivity index (χ2v) is 7.09. The van der Waals surface area contributed by atoms with Crippen LogP contribution in [0.3, 0.4) is 0 Å². The van der Waals surface area contributed by atoms with E-state index in [0.717, 1.165) is 19.4 Å². The highest BCUT2D eigenvalue weighted by atomic mass is 32.2. The van der Waals surface area contributed by atoms with Gasteiger partial charge in [-0.1, -0.05) is 6.92 Å². The van der Waals surface area contributed by atoms with Crippen molar-refractivity contribution < 1.29 is 9.59 Å². The van der Waals surface area contributed by atoms with Crippen molar-refractivity contribution in [3.8, 4) is 0 Å². The number of carbonyl (C=O) groups excluding carboxylic acids is 2. The van der Waals surface area contributed by atoms with Crippen LogP contribution < -0.4 is 5.32 Å². The minimum Gasteiger partial charge on any atom is -0.340 e. The molecule has 0 aromatic rings. The molecule has 108 valence electrons. The Morgan fingerprint density at radius 1 is 1.37 bits per heavy atom. The Morgan fingerprint density at radius 3 is 2.58 bits per heavy atom. The van der Waals surface area contributed by atoms with Gasteiger partial charge in [0.15, 0.2) is 0 Å². The van der Waals surface area contributed by atoms with E-state index in [2.05, 4.69) is 5.32 Å². The molecule has 0 radical (unpaired) electrons. The fourth-order valence-electron chi connectivity index (χ4n) is 2.75.